The number of carbonyl (C=O) groups is 2. The number of benzene rings is 2. The van der Waals surface area contributed by atoms with Gasteiger partial charge in [0.15, 0.2) is 11.5 Å². The largest absolute Gasteiger partial charge is 0.449 e. The SMILES string of the molecule is Cc1nn(-c2ccccc2)c(C)c1C(=O)C(=O)Nc1ccc2c(c1)OC(C)(C)O2. The van der Waals surface area contributed by atoms with Crippen LogP contribution in [0.1, 0.15) is 35.6 Å². The molecule has 7 nitrogen and oxygen atoms in total. The van der Waals surface area contributed by atoms with E-state index in [0.29, 0.717) is 34.1 Å². The summed E-state index contributed by atoms with van der Waals surface area (Å²) in [6, 6.07) is 14.5. The monoisotopic (exact) mass is 391 g/mol. The zero-order valence-electron chi connectivity index (χ0n) is 16.6. The van der Waals surface area contributed by atoms with Gasteiger partial charge in [0.2, 0.25) is 5.79 Å². The normalized spacial score (nSPS) is 13.9. The molecule has 0 spiro atoms. The van der Waals surface area contributed by atoms with Gasteiger partial charge in [-0.15, -0.1) is 0 Å². The molecule has 148 valence electrons. The van der Waals surface area contributed by atoms with Crippen molar-refractivity contribution < 1.29 is 19.1 Å². The molecule has 0 unspecified atom stereocenters. The third kappa shape index (κ3) is 3.47. The first-order chi connectivity index (χ1) is 13.7. The van der Waals surface area contributed by atoms with E-state index < -0.39 is 17.5 Å². The second kappa shape index (κ2) is 6.77. The molecule has 1 amide bonds. The summed E-state index contributed by atoms with van der Waals surface area (Å²) >= 11 is 0. The molecule has 4 rings (SSSR count). The molecule has 7 heteroatoms. The van der Waals surface area contributed by atoms with Gasteiger partial charge in [0.05, 0.1) is 22.6 Å². The van der Waals surface area contributed by atoms with E-state index in [-0.39, 0.29) is 0 Å². The Hall–Kier alpha value is -3.61. The summed E-state index contributed by atoms with van der Waals surface area (Å²) in [5.41, 5.74) is 2.69. The molecule has 0 bridgehead atoms. The minimum atomic E-state index is -0.763. The second-order valence-electron chi connectivity index (χ2n) is 7.34. The van der Waals surface area contributed by atoms with Crippen molar-refractivity contribution in [2.75, 3.05) is 5.32 Å². The van der Waals surface area contributed by atoms with Crippen molar-refractivity contribution in [2.24, 2.45) is 0 Å². The fraction of sp³-hybridized carbons (Fsp3) is 0.227. The lowest BCUT2D eigenvalue weighted by Crippen LogP contribution is -2.29. The van der Waals surface area contributed by atoms with Crippen molar-refractivity contribution in [1.82, 2.24) is 9.78 Å². The number of Topliss-reactive ketones (excluding diaryl/α,β-unsaturated/α-hetero) is 1. The maximum atomic E-state index is 12.9. The maximum absolute atomic E-state index is 12.9. The van der Waals surface area contributed by atoms with Crippen LogP contribution >= 0.6 is 0 Å². The molecule has 0 fully saturated rings. The van der Waals surface area contributed by atoms with E-state index in [1.54, 1.807) is 50.6 Å². The molecule has 0 atom stereocenters. The zero-order valence-corrected chi connectivity index (χ0v) is 16.6. The smallest absolute Gasteiger partial charge is 0.296 e. The summed E-state index contributed by atoms with van der Waals surface area (Å²) in [5.74, 6) is -1.03. The lowest BCUT2D eigenvalue weighted by Gasteiger charge is -2.16. The molecule has 2 aromatic carbocycles. The van der Waals surface area contributed by atoms with E-state index >= 15 is 0 Å². The van der Waals surface area contributed by atoms with Crippen LogP contribution in [0.2, 0.25) is 0 Å². The molecule has 1 aliphatic rings. The molecule has 0 radical (unpaired) electrons. The minimum absolute atomic E-state index is 0.299. The number of carbonyl (C=O) groups excluding carboxylic acids is 2. The Bertz CT molecular complexity index is 1120. The summed E-state index contributed by atoms with van der Waals surface area (Å²) in [5, 5.41) is 7.07. The molecular formula is C22H21N3O4. The van der Waals surface area contributed by atoms with Crippen LogP contribution in [0, 0.1) is 13.8 Å². The van der Waals surface area contributed by atoms with Crippen LogP contribution < -0.4 is 14.8 Å². The Morgan fingerprint density at radius 2 is 1.69 bits per heavy atom. The van der Waals surface area contributed by atoms with Crippen LogP contribution in [0.15, 0.2) is 48.5 Å². The van der Waals surface area contributed by atoms with Gasteiger partial charge in [0.25, 0.3) is 11.7 Å². The van der Waals surface area contributed by atoms with Crippen molar-refractivity contribution >= 4 is 17.4 Å². The lowest BCUT2D eigenvalue weighted by atomic mass is 10.1. The van der Waals surface area contributed by atoms with Crippen molar-refractivity contribution in [3.63, 3.8) is 0 Å². The number of aromatic nitrogens is 2. The molecule has 1 aromatic heterocycles. The summed E-state index contributed by atoms with van der Waals surface area (Å²) in [4.78, 5) is 25.5. The fourth-order valence-electron chi connectivity index (χ4n) is 3.39. The van der Waals surface area contributed by atoms with Crippen LogP contribution in [0.3, 0.4) is 0 Å². The average Bonchev–Trinajstić information content (AvgIpc) is 3.15. The number of hydrogen-bond acceptors (Lipinski definition) is 5. The van der Waals surface area contributed by atoms with E-state index in [1.165, 1.54) is 0 Å². The number of aryl methyl sites for hydroxylation is 1. The van der Waals surface area contributed by atoms with Crippen LogP contribution in [-0.2, 0) is 4.79 Å². The van der Waals surface area contributed by atoms with Gasteiger partial charge in [-0.3, -0.25) is 9.59 Å². The van der Waals surface area contributed by atoms with Crippen molar-refractivity contribution in [3.8, 4) is 17.2 Å². The van der Waals surface area contributed by atoms with E-state index in [4.69, 9.17) is 9.47 Å². The van der Waals surface area contributed by atoms with Crippen molar-refractivity contribution in [3.05, 3.63) is 65.5 Å². The lowest BCUT2D eigenvalue weighted by molar-refractivity contribution is -0.112. The van der Waals surface area contributed by atoms with Gasteiger partial charge in [-0.1, -0.05) is 18.2 Å². The second-order valence-corrected chi connectivity index (χ2v) is 7.34. The Kier molecular flexibility index (Phi) is 4.38. The van der Waals surface area contributed by atoms with Crippen LogP contribution in [0.25, 0.3) is 5.69 Å². The van der Waals surface area contributed by atoms with E-state index in [9.17, 15) is 9.59 Å². The Labute approximate surface area is 168 Å². The summed E-state index contributed by atoms with van der Waals surface area (Å²) in [6.45, 7) is 7.08. The van der Waals surface area contributed by atoms with Crippen molar-refractivity contribution in [1.29, 1.82) is 0 Å². The highest BCUT2D eigenvalue weighted by atomic mass is 16.7. The highest BCUT2D eigenvalue weighted by Gasteiger charge is 2.32. The van der Waals surface area contributed by atoms with Gasteiger partial charge in [0, 0.05) is 25.6 Å². The standard InChI is InChI=1S/C22H21N3O4/c1-13-19(14(2)25(24-13)16-8-6-5-7-9-16)20(26)21(27)23-15-10-11-17-18(12-15)29-22(3,4)28-17/h5-12H,1-4H3,(H,23,27). The van der Waals surface area contributed by atoms with Gasteiger partial charge in [-0.25, -0.2) is 4.68 Å². The van der Waals surface area contributed by atoms with E-state index in [0.717, 1.165) is 5.69 Å². The molecule has 29 heavy (non-hydrogen) atoms. The minimum Gasteiger partial charge on any atom is -0.449 e. The van der Waals surface area contributed by atoms with Gasteiger partial charge >= 0.3 is 0 Å². The quantitative estimate of drug-likeness (QED) is 0.540. The van der Waals surface area contributed by atoms with E-state index in [2.05, 4.69) is 10.4 Å². The summed E-state index contributed by atoms with van der Waals surface area (Å²) < 4.78 is 13.0. The fourth-order valence-corrected chi connectivity index (χ4v) is 3.39. The first kappa shape index (κ1) is 18.7. The number of rotatable bonds is 4. The third-order valence-electron chi connectivity index (χ3n) is 4.64. The van der Waals surface area contributed by atoms with Crippen molar-refractivity contribution in [2.45, 2.75) is 33.5 Å². The van der Waals surface area contributed by atoms with Gasteiger partial charge in [-0.2, -0.15) is 5.10 Å². The molecule has 0 saturated carbocycles. The van der Waals surface area contributed by atoms with Crippen LogP contribution in [-0.4, -0.2) is 27.3 Å². The topological polar surface area (TPSA) is 82.5 Å². The number of fused-ring (bicyclic) bond motifs is 1. The Morgan fingerprint density at radius 1 is 1.00 bits per heavy atom. The number of para-hydroxylation sites is 1. The van der Waals surface area contributed by atoms with Gasteiger partial charge in [-0.05, 0) is 38.1 Å². The predicted molar refractivity (Wildman–Crippen MR) is 108 cm³/mol. The molecule has 1 aliphatic heterocycles. The molecule has 3 aromatic rings. The number of anilines is 1. The average molecular weight is 391 g/mol. The molecule has 2 heterocycles. The molecule has 0 saturated heterocycles. The maximum Gasteiger partial charge on any atom is 0.296 e. The van der Waals surface area contributed by atoms with Gasteiger partial charge in [0.1, 0.15) is 0 Å². The highest BCUT2D eigenvalue weighted by Crippen LogP contribution is 2.40. The molecule has 0 aliphatic carbocycles. The number of amides is 1. The Morgan fingerprint density at radius 3 is 2.41 bits per heavy atom. The third-order valence-corrected chi connectivity index (χ3v) is 4.64. The Balaban J connectivity index is 1.57. The van der Waals surface area contributed by atoms with Crippen LogP contribution in [0.4, 0.5) is 5.69 Å². The van der Waals surface area contributed by atoms with Gasteiger partial charge < -0.3 is 14.8 Å². The molecular weight excluding hydrogens is 370 g/mol. The summed E-state index contributed by atoms with van der Waals surface area (Å²) in [7, 11) is 0. The van der Waals surface area contributed by atoms with Crippen LogP contribution in [0.5, 0.6) is 11.5 Å². The number of hydrogen-bond donors (Lipinski definition) is 1. The predicted octanol–water partition coefficient (Wildman–Crippen LogP) is 3.82. The summed E-state index contributed by atoms with van der Waals surface area (Å²) in [6.07, 6.45) is 0. The van der Waals surface area contributed by atoms with E-state index in [1.807, 2.05) is 30.3 Å². The number of ketones is 1. The number of ether oxygens (including phenoxy) is 2. The highest BCUT2D eigenvalue weighted by molar-refractivity contribution is 6.47. The number of nitrogens with zero attached hydrogens (tertiary/aromatic N) is 2. The zero-order chi connectivity index (χ0) is 20.8. The molecule has 1 N–H and O–H groups in total. The first-order valence-corrected chi connectivity index (χ1v) is 9.24. The first-order valence-electron chi connectivity index (χ1n) is 9.24. The number of nitrogens with one attached hydrogen (secondary N) is 1.